The highest BCUT2D eigenvalue weighted by atomic mass is 127. The van der Waals surface area contributed by atoms with E-state index in [-0.39, 0.29) is 29.7 Å². The van der Waals surface area contributed by atoms with Crippen molar-refractivity contribution in [2.45, 2.75) is 32.1 Å². The molecule has 0 atom stereocenters. The van der Waals surface area contributed by atoms with E-state index < -0.39 is 9.84 Å². The molecule has 1 rings (SSSR count). The van der Waals surface area contributed by atoms with Crippen LogP contribution in [-0.2, 0) is 9.84 Å². The van der Waals surface area contributed by atoms with Gasteiger partial charge in [0.2, 0.25) is 0 Å². The normalized spacial score (nSPS) is 18.1. The lowest BCUT2D eigenvalue weighted by Crippen LogP contribution is -2.38. The molecule has 108 valence electrons. The second-order valence-electron chi connectivity index (χ2n) is 4.62. The molecule has 0 saturated carbocycles. The van der Waals surface area contributed by atoms with Gasteiger partial charge < -0.3 is 10.6 Å². The Hall–Kier alpha value is -0.0500. The summed E-state index contributed by atoms with van der Waals surface area (Å²) in [7, 11) is -2.88. The highest BCUT2D eigenvalue weighted by Crippen LogP contribution is 2.09. The van der Waals surface area contributed by atoms with E-state index in [2.05, 4.69) is 9.89 Å². The average molecular weight is 389 g/mol. The van der Waals surface area contributed by atoms with Gasteiger partial charge in [-0.3, -0.25) is 4.99 Å². The highest BCUT2D eigenvalue weighted by Gasteiger charge is 2.10. The van der Waals surface area contributed by atoms with E-state index in [9.17, 15) is 8.42 Å². The number of nitrogens with two attached hydrogens (primary N) is 1. The van der Waals surface area contributed by atoms with Crippen LogP contribution in [0.1, 0.15) is 32.1 Å². The van der Waals surface area contributed by atoms with Gasteiger partial charge in [0.05, 0.1) is 5.75 Å². The third-order valence-corrected chi connectivity index (χ3v) is 3.91. The number of nitrogens with zero attached hydrogens (tertiary/aromatic N) is 2. The Morgan fingerprint density at radius 3 is 2.28 bits per heavy atom. The molecular weight excluding hydrogens is 365 g/mol. The fraction of sp³-hybridized carbons (Fsp3) is 0.909. The molecule has 0 aromatic rings. The monoisotopic (exact) mass is 389 g/mol. The zero-order chi connectivity index (χ0) is 12.7. The predicted molar refractivity (Wildman–Crippen MR) is 86.3 cm³/mol. The molecule has 1 heterocycles. The van der Waals surface area contributed by atoms with E-state index in [0.29, 0.717) is 18.9 Å². The van der Waals surface area contributed by atoms with Crippen LogP contribution < -0.4 is 5.73 Å². The van der Waals surface area contributed by atoms with Crippen LogP contribution in [0.2, 0.25) is 0 Å². The fourth-order valence-electron chi connectivity index (χ4n) is 1.92. The molecular formula is C11H24IN3O2S. The van der Waals surface area contributed by atoms with Crippen LogP contribution in [0.3, 0.4) is 0 Å². The van der Waals surface area contributed by atoms with E-state index in [0.717, 1.165) is 13.1 Å². The van der Waals surface area contributed by atoms with Crippen LogP contribution >= 0.6 is 24.0 Å². The Morgan fingerprint density at radius 1 is 1.22 bits per heavy atom. The second-order valence-corrected chi connectivity index (χ2v) is 6.88. The first-order valence-corrected chi connectivity index (χ1v) is 8.28. The topological polar surface area (TPSA) is 75.8 Å². The van der Waals surface area contributed by atoms with Gasteiger partial charge >= 0.3 is 0 Å². The number of guanidine groups is 1. The molecule has 0 amide bonds. The third-order valence-electron chi connectivity index (χ3n) is 2.88. The van der Waals surface area contributed by atoms with Gasteiger partial charge in [0.25, 0.3) is 0 Å². The van der Waals surface area contributed by atoms with Gasteiger partial charge in [-0.1, -0.05) is 12.8 Å². The number of halogens is 1. The van der Waals surface area contributed by atoms with E-state index in [1.807, 2.05) is 0 Å². The maximum atomic E-state index is 10.9. The van der Waals surface area contributed by atoms with E-state index >= 15 is 0 Å². The molecule has 7 heteroatoms. The fourth-order valence-corrected chi connectivity index (χ4v) is 2.57. The molecule has 18 heavy (non-hydrogen) atoms. The van der Waals surface area contributed by atoms with Crippen molar-refractivity contribution < 1.29 is 8.42 Å². The Balaban J connectivity index is 0.00000289. The molecule has 5 nitrogen and oxygen atoms in total. The van der Waals surface area contributed by atoms with Crippen molar-refractivity contribution in [2.24, 2.45) is 10.7 Å². The summed E-state index contributed by atoms with van der Waals surface area (Å²) in [6, 6.07) is 0. The number of hydrogen-bond acceptors (Lipinski definition) is 3. The van der Waals surface area contributed by atoms with E-state index in [4.69, 9.17) is 5.73 Å². The van der Waals surface area contributed by atoms with Gasteiger partial charge in [-0.05, 0) is 19.3 Å². The first kappa shape index (κ1) is 17.9. The van der Waals surface area contributed by atoms with Crippen LogP contribution in [0, 0.1) is 0 Å². The Labute approximate surface area is 127 Å². The molecule has 1 fully saturated rings. The summed E-state index contributed by atoms with van der Waals surface area (Å²) in [5, 5.41) is 0. The summed E-state index contributed by atoms with van der Waals surface area (Å²) in [4.78, 5) is 6.35. The summed E-state index contributed by atoms with van der Waals surface area (Å²) in [5.41, 5.74) is 5.89. The molecule has 0 aromatic carbocycles. The average Bonchev–Trinajstić information content (AvgIpc) is 2.51. The summed E-state index contributed by atoms with van der Waals surface area (Å²) < 4.78 is 21.9. The lowest BCUT2D eigenvalue weighted by Gasteiger charge is -2.20. The summed E-state index contributed by atoms with van der Waals surface area (Å²) in [5.74, 6) is 0.754. The largest absolute Gasteiger partial charge is 0.370 e. The van der Waals surface area contributed by atoms with Crippen molar-refractivity contribution in [3.8, 4) is 0 Å². The smallest absolute Gasteiger partial charge is 0.191 e. The third kappa shape index (κ3) is 8.12. The lowest BCUT2D eigenvalue weighted by atomic mass is 10.2. The number of sulfone groups is 1. The molecule has 1 aliphatic heterocycles. The maximum Gasteiger partial charge on any atom is 0.191 e. The first-order chi connectivity index (χ1) is 7.99. The second kappa shape index (κ2) is 8.95. The number of hydrogen-bond donors (Lipinski definition) is 1. The summed E-state index contributed by atoms with van der Waals surface area (Å²) in [6.07, 6.45) is 6.65. The van der Waals surface area contributed by atoms with Crippen molar-refractivity contribution in [1.29, 1.82) is 0 Å². The molecule has 0 spiro atoms. The van der Waals surface area contributed by atoms with Gasteiger partial charge in [-0.15, -0.1) is 24.0 Å². The van der Waals surface area contributed by atoms with Crippen molar-refractivity contribution in [3.63, 3.8) is 0 Å². The Bertz CT molecular complexity index is 349. The molecule has 1 saturated heterocycles. The quantitative estimate of drug-likeness (QED) is 0.340. The van der Waals surface area contributed by atoms with Crippen LogP contribution in [0.15, 0.2) is 4.99 Å². The number of aliphatic imine (C=N–C) groups is 1. The summed E-state index contributed by atoms with van der Waals surface area (Å²) >= 11 is 0. The van der Waals surface area contributed by atoms with Gasteiger partial charge in [0, 0.05) is 25.9 Å². The first-order valence-electron chi connectivity index (χ1n) is 6.21. The van der Waals surface area contributed by atoms with Gasteiger partial charge in [-0.2, -0.15) is 0 Å². The predicted octanol–water partition coefficient (Wildman–Crippen LogP) is 1.23. The molecule has 0 unspecified atom stereocenters. The molecule has 0 bridgehead atoms. The summed E-state index contributed by atoms with van der Waals surface area (Å²) in [6.45, 7) is 2.44. The standard InChI is InChI=1S/C11H23N3O2S.HI/c1-17(15,16)10-6-7-13-11(12)14-8-4-2-3-5-9-14;/h2-10H2,1H3,(H2,12,13);1H. The highest BCUT2D eigenvalue weighted by molar-refractivity contribution is 14.0. The Kier molecular flexibility index (Phi) is 8.93. The van der Waals surface area contributed by atoms with Crippen molar-refractivity contribution >= 4 is 39.8 Å². The van der Waals surface area contributed by atoms with Crippen LogP contribution in [0.5, 0.6) is 0 Å². The number of rotatable bonds is 4. The minimum absolute atomic E-state index is 0. The number of likely N-dealkylation sites (tertiary alicyclic amines) is 1. The lowest BCUT2D eigenvalue weighted by molar-refractivity contribution is 0.428. The maximum absolute atomic E-state index is 10.9. The van der Waals surface area contributed by atoms with Crippen molar-refractivity contribution in [1.82, 2.24) is 4.90 Å². The molecule has 0 radical (unpaired) electrons. The van der Waals surface area contributed by atoms with Crippen LogP contribution in [0.25, 0.3) is 0 Å². The van der Waals surface area contributed by atoms with Gasteiger partial charge in [0.15, 0.2) is 5.96 Å². The molecule has 0 aliphatic carbocycles. The van der Waals surface area contributed by atoms with Crippen LogP contribution in [0.4, 0.5) is 0 Å². The van der Waals surface area contributed by atoms with Crippen molar-refractivity contribution in [2.75, 3.05) is 31.6 Å². The van der Waals surface area contributed by atoms with E-state index in [1.165, 1.54) is 31.9 Å². The minimum atomic E-state index is -2.88. The SMILES string of the molecule is CS(=O)(=O)CCCN=C(N)N1CCCCCC1.I. The van der Waals surface area contributed by atoms with E-state index in [1.54, 1.807) is 0 Å². The van der Waals surface area contributed by atoms with Crippen molar-refractivity contribution in [3.05, 3.63) is 0 Å². The zero-order valence-electron chi connectivity index (χ0n) is 11.0. The zero-order valence-corrected chi connectivity index (χ0v) is 14.1. The Morgan fingerprint density at radius 2 is 1.78 bits per heavy atom. The van der Waals surface area contributed by atoms with Gasteiger partial charge in [-0.25, -0.2) is 8.42 Å². The molecule has 0 aromatic heterocycles. The molecule has 2 N–H and O–H groups in total. The van der Waals surface area contributed by atoms with Crippen LogP contribution in [-0.4, -0.2) is 50.9 Å². The molecule has 1 aliphatic rings. The minimum Gasteiger partial charge on any atom is -0.370 e. The van der Waals surface area contributed by atoms with Gasteiger partial charge in [0.1, 0.15) is 9.84 Å².